The lowest BCUT2D eigenvalue weighted by Gasteiger charge is -2.15. The number of nitrogens with one attached hydrogen (secondary N) is 1. The molecule has 1 aromatic carbocycles. The fourth-order valence-electron chi connectivity index (χ4n) is 1.37. The van der Waals surface area contributed by atoms with Gasteiger partial charge in [-0.25, -0.2) is 8.78 Å². The summed E-state index contributed by atoms with van der Waals surface area (Å²) in [5.41, 5.74) is 0.506. The number of carbonyl (C=O) groups is 1. The third kappa shape index (κ3) is 3.00. The van der Waals surface area contributed by atoms with Crippen LogP contribution in [0.1, 0.15) is 18.0 Å². The van der Waals surface area contributed by atoms with Gasteiger partial charge in [0, 0.05) is 6.04 Å². The Bertz CT molecular complexity index is 382. The Morgan fingerprint density at radius 1 is 1.44 bits per heavy atom. The molecule has 5 heteroatoms. The highest BCUT2D eigenvalue weighted by Gasteiger charge is 2.16. The van der Waals surface area contributed by atoms with Gasteiger partial charge in [0.2, 0.25) is 0 Å². The van der Waals surface area contributed by atoms with Crippen molar-refractivity contribution in [1.29, 1.82) is 0 Å². The summed E-state index contributed by atoms with van der Waals surface area (Å²) >= 11 is 0. The van der Waals surface area contributed by atoms with Crippen molar-refractivity contribution in [3.05, 3.63) is 35.4 Å². The first-order chi connectivity index (χ1) is 7.58. The van der Waals surface area contributed by atoms with Crippen molar-refractivity contribution < 1.29 is 18.3 Å². The van der Waals surface area contributed by atoms with Crippen LogP contribution in [0.5, 0.6) is 0 Å². The predicted octanol–water partition coefficient (Wildman–Crippen LogP) is 1.79. The molecule has 0 bridgehead atoms. The maximum Gasteiger partial charge on any atom is 0.307 e. The van der Waals surface area contributed by atoms with Crippen LogP contribution in [0.3, 0.4) is 0 Å². The topological polar surface area (TPSA) is 38.3 Å². The second-order valence-electron chi connectivity index (χ2n) is 3.30. The molecule has 0 saturated carbocycles. The molecule has 1 rings (SSSR count). The first-order valence-electron chi connectivity index (χ1n) is 4.77. The average molecular weight is 229 g/mol. The summed E-state index contributed by atoms with van der Waals surface area (Å²) < 4.78 is 30.2. The van der Waals surface area contributed by atoms with Crippen LogP contribution in [-0.4, -0.2) is 20.1 Å². The maximum atomic E-state index is 13.0. The number of rotatable bonds is 4. The maximum absolute atomic E-state index is 13.0. The van der Waals surface area contributed by atoms with Crippen molar-refractivity contribution in [3.8, 4) is 0 Å². The van der Waals surface area contributed by atoms with Gasteiger partial charge in [-0.2, -0.15) is 0 Å². The van der Waals surface area contributed by atoms with E-state index in [4.69, 9.17) is 0 Å². The van der Waals surface area contributed by atoms with Crippen LogP contribution in [0.4, 0.5) is 8.78 Å². The molecule has 0 amide bonds. The van der Waals surface area contributed by atoms with Gasteiger partial charge in [-0.1, -0.05) is 6.07 Å². The largest absolute Gasteiger partial charge is 0.469 e. The first-order valence-corrected chi connectivity index (χ1v) is 4.77. The van der Waals surface area contributed by atoms with Crippen LogP contribution in [0, 0.1) is 11.6 Å². The van der Waals surface area contributed by atoms with Crippen LogP contribution in [-0.2, 0) is 9.53 Å². The number of hydrogen-bond donors (Lipinski definition) is 1. The molecule has 1 aromatic rings. The van der Waals surface area contributed by atoms with Crippen LogP contribution >= 0.6 is 0 Å². The molecule has 0 aromatic heterocycles. The molecule has 1 atom stereocenters. The van der Waals surface area contributed by atoms with E-state index in [0.29, 0.717) is 5.56 Å². The van der Waals surface area contributed by atoms with E-state index in [1.54, 1.807) is 7.05 Å². The van der Waals surface area contributed by atoms with Gasteiger partial charge < -0.3 is 10.1 Å². The second kappa shape index (κ2) is 5.55. The Kier molecular flexibility index (Phi) is 4.37. The van der Waals surface area contributed by atoms with E-state index >= 15 is 0 Å². The minimum atomic E-state index is -0.928. The zero-order chi connectivity index (χ0) is 12.1. The zero-order valence-electron chi connectivity index (χ0n) is 9.09. The first kappa shape index (κ1) is 12.6. The smallest absolute Gasteiger partial charge is 0.307 e. The molecule has 0 aliphatic rings. The molecule has 0 aliphatic heterocycles. The molecule has 1 unspecified atom stereocenters. The van der Waals surface area contributed by atoms with Crippen molar-refractivity contribution in [3.63, 3.8) is 0 Å². The van der Waals surface area contributed by atoms with E-state index in [0.717, 1.165) is 12.1 Å². The Labute approximate surface area is 92.4 Å². The summed E-state index contributed by atoms with van der Waals surface area (Å²) in [5, 5.41) is 2.84. The number of esters is 1. The normalized spacial score (nSPS) is 12.2. The second-order valence-corrected chi connectivity index (χ2v) is 3.30. The molecule has 3 nitrogen and oxygen atoms in total. The average Bonchev–Trinajstić information content (AvgIpc) is 2.29. The molecule has 0 saturated heterocycles. The number of carbonyl (C=O) groups excluding carboxylic acids is 1. The van der Waals surface area contributed by atoms with E-state index in [2.05, 4.69) is 10.1 Å². The minimum absolute atomic E-state index is 0.0675. The molecule has 0 radical (unpaired) electrons. The standard InChI is InChI=1S/C11H13F2NO2/c1-14-10(6-11(15)16-2)7-3-4-8(12)9(13)5-7/h3-5,10,14H,6H2,1-2H3. The Morgan fingerprint density at radius 2 is 2.12 bits per heavy atom. The third-order valence-electron chi connectivity index (χ3n) is 2.29. The van der Waals surface area contributed by atoms with Crippen molar-refractivity contribution >= 4 is 5.97 Å². The van der Waals surface area contributed by atoms with Crippen molar-refractivity contribution in [2.45, 2.75) is 12.5 Å². The van der Waals surface area contributed by atoms with E-state index in [1.807, 2.05) is 0 Å². The summed E-state index contributed by atoms with van der Waals surface area (Å²) in [6, 6.07) is 3.15. The van der Waals surface area contributed by atoms with E-state index in [-0.39, 0.29) is 12.5 Å². The van der Waals surface area contributed by atoms with E-state index < -0.39 is 17.6 Å². The summed E-state index contributed by atoms with van der Waals surface area (Å²) in [4.78, 5) is 11.1. The fraction of sp³-hybridized carbons (Fsp3) is 0.364. The van der Waals surface area contributed by atoms with Gasteiger partial charge in [0.1, 0.15) is 0 Å². The molecule has 0 spiro atoms. The van der Waals surface area contributed by atoms with Gasteiger partial charge in [0.05, 0.1) is 13.5 Å². The van der Waals surface area contributed by atoms with Crippen LogP contribution in [0.15, 0.2) is 18.2 Å². The molecular formula is C11H13F2NO2. The van der Waals surface area contributed by atoms with Gasteiger partial charge in [-0.3, -0.25) is 4.79 Å². The van der Waals surface area contributed by atoms with Crippen LogP contribution in [0.25, 0.3) is 0 Å². The molecule has 0 fully saturated rings. The quantitative estimate of drug-likeness (QED) is 0.800. The summed E-state index contributed by atoms with van der Waals surface area (Å²) in [6.07, 6.45) is 0.0675. The highest BCUT2D eigenvalue weighted by molar-refractivity contribution is 5.70. The lowest BCUT2D eigenvalue weighted by Crippen LogP contribution is -2.20. The van der Waals surface area contributed by atoms with Crippen LogP contribution in [0.2, 0.25) is 0 Å². The Balaban J connectivity index is 2.86. The molecule has 16 heavy (non-hydrogen) atoms. The van der Waals surface area contributed by atoms with Gasteiger partial charge in [0.15, 0.2) is 11.6 Å². The van der Waals surface area contributed by atoms with Gasteiger partial charge in [-0.15, -0.1) is 0 Å². The van der Waals surface area contributed by atoms with Crippen molar-refractivity contribution in [2.75, 3.05) is 14.2 Å². The summed E-state index contributed by atoms with van der Waals surface area (Å²) in [7, 11) is 2.91. The number of hydrogen-bond acceptors (Lipinski definition) is 3. The van der Waals surface area contributed by atoms with E-state index in [9.17, 15) is 13.6 Å². The Morgan fingerprint density at radius 3 is 2.62 bits per heavy atom. The Hall–Kier alpha value is -1.49. The third-order valence-corrected chi connectivity index (χ3v) is 2.29. The van der Waals surface area contributed by atoms with Crippen molar-refractivity contribution in [2.24, 2.45) is 0 Å². The molecule has 1 N–H and O–H groups in total. The highest BCUT2D eigenvalue weighted by Crippen LogP contribution is 2.19. The highest BCUT2D eigenvalue weighted by atomic mass is 19.2. The number of methoxy groups -OCH3 is 1. The monoisotopic (exact) mass is 229 g/mol. The number of benzene rings is 1. The predicted molar refractivity (Wildman–Crippen MR) is 54.8 cm³/mol. The summed E-state index contributed by atoms with van der Waals surface area (Å²) in [6.45, 7) is 0. The summed E-state index contributed by atoms with van der Waals surface area (Å²) in [5.74, 6) is -2.25. The number of halogens is 2. The molecule has 88 valence electrons. The van der Waals surface area contributed by atoms with Gasteiger partial charge >= 0.3 is 5.97 Å². The van der Waals surface area contributed by atoms with Gasteiger partial charge in [-0.05, 0) is 24.7 Å². The van der Waals surface area contributed by atoms with Gasteiger partial charge in [0.25, 0.3) is 0 Å². The van der Waals surface area contributed by atoms with Crippen molar-refractivity contribution in [1.82, 2.24) is 5.32 Å². The zero-order valence-corrected chi connectivity index (χ0v) is 9.09. The molecule has 0 heterocycles. The lowest BCUT2D eigenvalue weighted by molar-refractivity contribution is -0.141. The molecular weight excluding hydrogens is 216 g/mol. The minimum Gasteiger partial charge on any atom is -0.469 e. The lowest BCUT2D eigenvalue weighted by atomic mass is 10.0. The number of ether oxygens (including phenoxy) is 1. The SMILES string of the molecule is CNC(CC(=O)OC)c1ccc(F)c(F)c1. The van der Waals surface area contributed by atoms with E-state index in [1.165, 1.54) is 13.2 Å². The fourth-order valence-corrected chi connectivity index (χ4v) is 1.37. The van der Waals surface area contributed by atoms with Crippen LogP contribution < -0.4 is 5.32 Å². The molecule has 0 aliphatic carbocycles.